The summed E-state index contributed by atoms with van der Waals surface area (Å²) < 4.78 is 0. The highest BCUT2D eigenvalue weighted by atomic mass is 79.9. The molecule has 0 spiro atoms. The summed E-state index contributed by atoms with van der Waals surface area (Å²) in [5.74, 6) is 0. The lowest BCUT2D eigenvalue weighted by Gasteiger charge is -2.08. The molecule has 90 valence electrons. The van der Waals surface area contributed by atoms with E-state index in [4.69, 9.17) is 23.2 Å². The third kappa shape index (κ3) is 4.27. The smallest absolute Gasteiger partial charge is 0.0442 e. The molecule has 0 aromatic heterocycles. The Bertz CT molecular complexity index is 337. The zero-order valence-electron chi connectivity index (χ0n) is 9.53. The van der Waals surface area contributed by atoms with E-state index in [9.17, 15) is 0 Å². The summed E-state index contributed by atoms with van der Waals surface area (Å²) in [5.41, 5.74) is 2.31. The number of benzene rings is 1. The molecule has 0 unspecified atom stereocenters. The molecule has 1 aromatic carbocycles. The van der Waals surface area contributed by atoms with Crippen molar-refractivity contribution in [3.8, 4) is 0 Å². The molecule has 0 nitrogen and oxygen atoms in total. The first kappa shape index (κ1) is 14.3. The lowest BCUT2D eigenvalue weighted by atomic mass is 10.0. The van der Waals surface area contributed by atoms with Crippen molar-refractivity contribution in [3.63, 3.8) is 0 Å². The number of rotatable bonds is 6. The molecule has 0 bridgehead atoms. The van der Waals surface area contributed by atoms with Crippen molar-refractivity contribution < 1.29 is 0 Å². The van der Waals surface area contributed by atoms with Gasteiger partial charge < -0.3 is 0 Å². The van der Waals surface area contributed by atoms with Crippen LogP contribution in [0.1, 0.15) is 37.3 Å². The van der Waals surface area contributed by atoms with Gasteiger partial charge in [-0.3, -0.25) is 0 Å². The van der Waals surface area contributed by atoms with Gasteiger partial charge in [-0.05, 0) is 42.5 Å². The van der Waals surface area contributed by atoms with Gasteiger partial charge in [0.15, 0.2) is 0 Å². The van der Waals surface area contributed by atoms with Crippen LogP contribution in [-0.2, 0) is 12.8 Å². The normalized spacial score (nSPS) is 10.8. The summed E-state index contributed by atoms with van der Waals surface area (Å²) in [7, 11) is 0. The molecule has 0 heterocycles. The van der Waals surface area contributed by atoms with E-state index >= 15 is 0 Å². The SMILES string of the molecule is CCCCCc1cc(Cl)c(CCBr)cc1Cl. The third-order valence-corrected chi connectivity index (χ3v) is 3.73. The average molecular weight is 324 g/mol. The molecular weight excluding hydrogens is 307 g/mol. The predicted molar refractivity (Wildman–Crippen MR) is 77.2 cm³/mol. The van der Waals surface area contributed by atoms with Crippen molar-refractivity contribution >= 4 is 39.1 Å². The van der Waals surface area contributed by atoms with E-state index in [0.29, 0.717) is 0 Å². The molecular formula is C13H17BrCl2. The number of hydrogen-bond acceptors (Lipinski definition) is 0. The maximum absolute atomic E-state index is 6.24. The van der Waals surface area contributed by atoms with Gasteiger partial charge in [0.2, 0.25) is 0 Å². The zero-order chi connectivity index (χ0) is 12.0. The van der Waals surface area contributed by atoms with Crippen molar-refractivity contribution in [3.05, 3.63) is 33.3 Å². The quantitative estimate of drug-likeness (QED) is 0.468. The Balaban J connectivity index is 2.75. The minimum atomic E-state index is 0.843. The van der Waals surface area contributed by atoms with E-state index in [1.165, 1.54) is 24.8 Å². The summed E-state index contributed by atoms with van der Waals surface area (Å²) in [6, 6.07) is 4.03. The van der Waals surface area contributed by atoms with Gasteiger partial charge >= 0.3 is 0 Å². The highest BCUT2D eigenvalue weighted by Crippen LogP contribution is 2.27. The van der Waals surface area contributed by atoms with Crippen LogP contribution in [0.2, 0.25) is 10.0 Å². The van der Waals surface area contributed by atoms with Crippen molar-refractivity contribution in [1.82, 2.24) is 0 Å². The van der Waals surface area contributed by atoms with E-state index in [1.807, 2.05) is 12.1 Å². The van der Waals surface area contributed by atoms with Crippen LogP contribution < -0.4 is 0 Å². The second-order valence-electron chi connectivity index (χ2n) is 3.93. The van der Waals surface area contributed by atoms with Gasteiger partial charge in [-0.15, -0.1) is 0 Å². The topological polar surface area (TPSA) is 0 Å². The highest BCUT2D eigenvalue weighted by Gasteiger charge is 2.06. The molecule has 0 aliphatic heterocycles. The van der Waals surface area contributed by atoms with Crippen LogP contribution in [0.15, 0.2) is 12.1 Å². The van der Waals surface area contributed by atoms with Gasteiger partial charge in [-0.2, -0.15) is 0 Å². The van der Waals surface area contributed by atoms with E-state index in [-0.39, 0.29) is 0 Å². The number of alkyl halides is 1. The van der Waals surface area contributed by atoms with Gasteiger partial charge in [0.1, 0.15) is 0 Å². The van der Waals surface area contributed by atoms with E-state index in [2.05, 4.69) is 22.9 Å². The molecule has 1 rings (SSSR count). The molecule has 0 N–H and O–H groups in total. The Hall–Kier alpha value is 0.280. The van der Waals surface area contributed by atoms with Crippen LogP contribution in [-0.4, -0.2) is 5.33 Å². The first-order valence-electron chi connectivity index (χ1n) is 5.71. The second kappa shape index (κ2) is 7.58. The molecule has 0 radical (unpaired) electrons. The van der Waals surface area contributed by atoms with E-state index in [1.54, 1.807) is 0 Å². The van der Waals surface area contributed by atoms with Crippen molar-refractivity contribution in [2.45, 2.75) is 39.0 Å². The Morgan fingerprint density at radius 3 is 2.06 bits per heavy atom. The molecule has 0 fully saturated rings. The lowest BCUT2D eigenvalue weighted by Crippen LogP contribution is -1.93. The van der Waals surface area contributed by atoms with E-state index in [0.717, 1.165) is 33.8 Å². The third-order valence-electron chi connectivity index (χ3n) is 2.63. The molecule has 0 saturated heterocycles. The fraction of sp³-hybridized carbons (Fsp3) is 0.538. The van der Waals surface area contributed by atoms with Gasteiger partial charge in [0.05, 0.1) is 0 Å². The maximum Gasteiger partial charge on any atom is 0.0442 e. The van der Waals surface area contributed by atoms with Gasteiger partial charge in [0.25, 0.3) is 0 Å². The number of unbranched alkanes of at least 4 members (excludes halogenated alkanes) is 2. The number of halogens is 3. The van der Waals surface area contributed by atoms with Crippen molar-refractivity contribution in [2.24, 2.45) is 0 Å². The maximum atomic E-state index is 6.24. The van der Waals surface area contributed by atoms with Gasteiger partial charge in [-0.25, -0.2) is 0 Å². The Kier molecular flexibility index (Phi) is 6.79. The fourth-order valence-corrected chi connectivity index (χ4v) is 2.67. The van der Waals surface area contributed by atoms with Gasteiger partial charge in [-0.1, -0.05) is 58.9 Å². The summed E-state index contributed by atoms with van der Waals surface area (Å²) in [5, 5.41) is 2.62. The number of hydrogen-bond donors (Lipinski definition) is 0. The second-order valence-corrected chi connectivity index (χ2v) is 5.54. The van der Waals surface area contributed by atoms with Gasteiger partial charge in [0, 0.05) is 15.4 Å². The summed E-state index contributed by atoms with van der Waals surface area (Å²) in [6.45, 7) is 2.20. The molecule has 1 aromatic rings. The molecule has 0 amide bonds. The summed E-state index contributed by atoms with van der Waals surface area (Å²) in [6.07, 6.45) is 5.61. The first-order chi connectivity index (χ1) is 7.69. The molecule has 16 heavy (non-hydrogen) atoms. The monoisotopic (exact) mass is 322 g/mol. The summed E-state index contributed by atoms with van der Waals surface area (Å²) in [4.78, 5) is 0. The standard InChI is InChI=1S/C13H17BrCl2/c1-2-3-4-5-10-8-13(16)11(6-7-14)9-12(10)15/h8-9H,2-7H2,1H3. The first-order valence-corrected chi connectivity index (χ1v) is 7.59. The predicted octanol–water partition coefficient (Wildman–Crippen LogP) is 5.66. The minimum Gasteiger partial charge on any atom is -0.0924 e. The molecule has 3 heteroatoms. The van der Waals surface area contributed by atoms with Crippen LogP contribution in [0.5, 0.6) is 0 Å². The zero-order valence-corrected chi connectivity index (χ0v) is 12.6. The van der Waals surface area contributed by atoms with Crippen LogP contribution in [0.3, 0.4) is 0 Å². The van der Waals surface area contributed by atoms with Crippen LogP contribution in [0, 0.1) is 0 Å². The summed E-state index contributed by atoms with van der Waals surface area (Å²) >= 11 is 15.9. The van der Waals surface area contributed by atoms with Crippen LogP contribution >= 0.6 is 39.1 Å². The van der Waals surface area contributed by atoms with Crippen LogP contribution in [0.4, 0.5) is 0 Å². The fourth-order valence-electron chi connectivity index (χ4n) is 1.68. The number of aryl methyl sites for hydroxylation is 2. The molecule has 0 aliphatic carbocycles. The lowest BCUT2D eigenvalue weighted by molar-refractivity contribution is 0.717. The molecule has 0 saturated carbocycles. The van der Waals surface area contributed by atoms with Crippen LogP contribution in [0.25, 0.3) is 0 Å². The average Bonchev–Trinajstić information content (AvgIpc) is 2.25. The largest absolute Gasteiger partial charge is 0.0924 e. The highest BCUT2D eigenvalue weighted by molar-refractivity contribution is 9.09. The Morgan fingerprint density at radius 1 is 1.00 bits per heavy atom. The van der Waals surface area contributed by atoms with E-state index < -0.39 is 0 Å². The van der Waals surface area contributed by atoms with Crippen molar-refractivity contribution in [2.75, 3.05) is 5.33 Å². The Labute approximate surface area is 116 Å². The molecule has 0 aliphatic rings. The molecule has 0 atom stereocenters. The van der Waals surface area contributed by atoms with Crippen molar-refractivity contribution in [1.29, 1.82) is 0 Å². The Morgan fingerprint density at radius 2 is 1.56 bits per heavy atom. The minimum absolute atomic E-state index is 0.843.